The predicted molar refractivity (Wildman–Crippen MR) is 83.0 cm³/mol. The third-order valence-corrected chi connectivity index (χ3v) is 4.47. The van der Waals surface area contributed by atoms with Crippen molar-refractivity contribution in [2.75, 3.05) is 7.11 Å². The van der Waals surface area contributed by atoms with Crippen LogP contribution in [0, 0.1) is 11.6 Å². The van der Waals surface area contributed by atoms with Crippen LogP contribution in [0.2, 0.25) is 0 Å². The van der Waals surface area contributed by atoms with Crippen LogP contribution in [-0.4, -0.2) is 7.11 Å². The maximum absolute atomic E-state index is 4.86. The molecule has 0 heterocycles. The number of hydrogen-bond acceptors (Lipinski definition) is 1. The van der Waals surface area contributed by atoms with Gasteiger partial charge >= 0.3 is 0 Å². The number of methoxy groups -OCH3 is 1. The molecule has 0 amide bonds. The van der Waals surface area contributed by atoms with E-state index in [1.807, 2.05) is 12.1 Å². The summed E-state index contributed by atoms with van der Waals surface area (Å²) in [5.41, 5.74) is 3.34. The predicted octanol–water partition coefficient (Wildman–Crippen LogP) is 3.24. The molecular weight excluding hydrogens is 251 g/mol. The Morgan fingerprint density at radius 3 is 1.89 bits per heavy atom. The lowest BCUT2D eigenvalue weighted by Gasteiger charge is -2.11. The molecule has 0 bridgehead atoms. The monoisotopic (exact) mass is 266 g/mol. The quantitative estimate of drug-likeness (QED) is 0.471. The second-order valence-corrected chi connectivity index (χ2v) is 5.73. The van der Waals surface area contributed by atoms with Gasteiger partial charge in [-0.15, -0.1) is 0 Å². The zero-order valence-electron chi connectivity index (χ0n) is 10.8. The number of benzene rings is 2. The molecule has 0 radical (unpaired) electrons. The summed E-state index contributed by atoms with van der Waals surface area (Å²) in [6.45, 7) is 0. The highest BCUT2D eigenvalue weighted by Crippen LogP contribution is 2.31. The highest BCUT2D eigenvalue weighted by molar-refractivity contribution is 7.77. The van der Waals surface area contributed by atoms with Crippen LogP contribution in [0.3, 0.4) is 0 Å². The fourth-order valence-electron chi connectivity index (χ4n) is 1.64. The van der Waals surface area contributed by atoms with Crippen molar-refractivity contribution in [2.45, 2.75) is 0 Å². The normalized spacial score (nSPS) is 10.2. The molecule has 0 aliphatic rings. The highest BCUT2D eigenvalue weighted by Gasteiger charge is 2.09. The first-order chi connectivity index (χ1) is 9.42. The molecule has 0 unspecified atom stereocenters. The molecule has 0 spiro atoms. The van der Waals surface area contributed by atoms with Crippen molar-refractivity contribution in [1.29, 1.82) is 0 Å². The standard InChI is InChI=1S/C17H15OP/c1-18-14-8-9-15-19(16-10-4-2-5-11-16)17-12-6-3-7-13-17/h2-8,10-14H,1H3. The molecule has 2 aromatic carbocycles. The average molecular weight is 266 g/mol. The maximum Gasteiger partial charge on any atom is 0.0908 e. The minimum Gasteiger partial charge on any atom is -0.504 e. The first-order valence-corrected chi connectivity index (χ1v) is 7.35. The van der Waals surface area contributed by atoms with Gasteiger partial charge in [0.15, 0.2) is 0 Å². The van der Waals surface area contributed by atoms with E-state index in [1.165, 1.54) is 10.6 Å². The molecule has 94 valence electrons. The van der Waals surface area contributed by atoms with Crippen LogP contribution in [-0.2, 0) is 4.74 Å². The Kier molecular flexibility index (Phi) is 5.23. The Morgan fingerprint density at radius 2 is 1.42 bits per heavy atom. The van der Waals surface area contributed by atoms with Crippen molar-refractivity contribution in [2.24, 2.45) is 0 Å². The van der Waals surface area contributed by atoms with Crippen LogP contribution in [0.15, 0.2) is 73.0 Å². The van der Waals surface area contributed by atoms with E-state index in [-0.39, 0.29) is 0 Å². The SMILES string of the molecule is COC=CC#CP(c1ccccc1)c1ccccc1. The molecule has 19 heavy (non-hydrogen) atoms. The minimum absolute atomic E-state index is 0.635. The lowest BCUT2D eigenvalue weighted by molar-refractivity contribution is 0.338. The number of ether oxygens (including phenoxy) is 1. The molecule has 0 saturated carbocycles. The summed E-state index contributed by atoms with van der Waals surface area (Å²) in [6, 6.07) is 20.8. The highest BCUT2D eigenvalue weighted by atomic mass is 31.1. The Morgan fingerprint density at radius 1 is 0.895 bits per heavy atom. The van der Waals surface area contributed by atoms with E-state index >= 15 is 0 Å². The van der Waals surface area contributed by atoms with Gasteiger partial charge in [-0.2, -0.15) is 0 Å². The van der Waals surface area contributed by atoms with Crippen LogP contribution in [0.4, 0.5) is 0 Å². The van der Waals surface area contributed by atoms with Gasteiger partial charge in [0.25, 0.3) is 0 Å². The summed E-state index contributed by atoms with van der Waals surface area (Å²) in [4.78, 5) is 0. The van der Waals surface area contributed by atoms with E-state index in [0.717, 1.165) is 0 Å². The van der Waals surface area contributed by atoms with Gasteiger partial charge in [0, 0.05) is 14.0 Å². The minimum atomic E-state index is -0.635. The van der Waals surface area contributed by atoms with Crippen molar-refractivity contribution in [3.05, 3.63) is 73.0 Å². The fraction of sp³-hybridized carbons (Fsp3) is 0.0588. The summed E-state index contributed by atoms with van der Waals surface area (Å²) in [6.07, 6.45) is 3.33. The molecule has 2 rings (SSSR count). The fourth-order valence-corrected chi connectivity index (χ4v) is 3.34. The smallest absolute Gasteiger partial charge is 0.0908 e. The van der Waals surface area contributed by atoms with Gasteiger partial charge in [-0.1, -0.05) is 72.2 Å². The number of hydrogen-bond donors (Lipinski definition) is 0. The molecule has 0 saturated heterocycles. The van der Waals surface area contributed by atoms with E-state index in [9.17, 15) is 0 Å². The zero-order chi connectivity index (χ0) is 13.3. The summed E-state index contributed by atoms with van der Waals surface area (Å²) in [5.74, 6) is 3.06. The summed E-state index contributed by atoms with van der Waals surface area (Å²) in [5, 5.41) is 2.53. The average Bonchev–Trinajstić information content (AvgIpc) is 2.49. The van der Waals surface area contributed by atoms with Crippen molar-refractivity contribution in [1.82, 2.24) is 0 Å². The second-order valence-electron chi connectivity index (χ2n) is 3.80. The van der Waals surface area contributed by atoms with Crippen molar-refractivity contribution in [3.8, 4) is 11.6 Å². The second kappa shape index (κ2) is 7.41. The number of rotatable bonds is 3. The lowest BCUT2D eigenvalue weighted by Crippen LogP contribution is -2.09. The Labute approximate surface area is 115 Å². The number of allylic oxidation sites excluding steroid dienone is 1. The molecule has 0 fully saturated rings. The molecule has 0 aromatic heterocycles. The first kappa shape index (κ1) is 13.4. The molecular formula is C17H15OP. The van der Waals surface area contributed by atoms with Crippen LogP contribution in [0.5, 0.6) is 0 Å². The van der Waals surface area contributed by atoms with E-state index < -0.39 is 7.92 Å². The summed E-state index contributed by atoms with van der Waals surface area (Å²) in [7, 11) is 0.985. The van der Waals surface area contributed by atoms with Gasteiger partial charge < -0.3 is 4.74 Å². The van der Waals surface area contributed by atoms with Gasteiger partial charge in [0.1, 0.15) is 0 Å². The maximum atomic E-state index is 4.86. The zero-order valence-corrected chi connectivity index (χ0v) is 11.7. The van der Waals surface area contributed by atoms with E-state index in [4.69, 9.17) is 4.74 Å². The van der Waals surface area contributed by atoms with Crippen molar-refractivity contribution in [3.63, 3.8) is 0 Å². The summed E-state index contributed by atoms with van der Waals surface area (Å²) >= 11 is 0. The molecule has 2 heteroatoms. The summed E-state index contributed by atoms with van der Waals surface area (Å²) < 4.78 is 4.86. The van der Waals surface area contributed by atoms with E-state index in [1.54, 1.807) is 19.4 Å². The molecule has 0 aliphatic heterocycles. The molecule has 1 nitrogen and oxygen atoms in total. The Bertz CT molecular complexity index is 539. The first-order valence-electron chi connectivity index (χ1n) is 6.01. The largest absolute Gasteiger partial charge is 0.504 e. The molecule has 0 aliphatic carbocycles. The van der Waals surface area contributed by atoms with Crippen LogP contribution < -0.4 is 10.6 Å². The molecule has 0 N–H and O–H groups in total. The Balaban J connectivity index is 2.34. The van der Waals surface area contributed by atoms with Crippen LogP contribution >= 0.6 is 7.92 Å². The van der Waals surface area contributed by atoms with Crippen LogP contribution in [0.25, 0.3) is 0 Å². The van der Waals surface area contributed by atoms with Crippen LogP contribution in [0.1, 0.15) is 0 Å². The van der Waals surface area contributed by atoms with Crippen molar-refractivity contribution < 1.29 is 4.74 Å². The lowest BCUT2D eigenvalue weighted by atomic mass is 10.4. The van der Waals surface area contributed by atoms with Gasteiger partial charge in [-0.25, -0.2) is 0 Å². The van der Waals surface area contributed by atoms with Gasteiger partial charge in [0.05, 0.1) is 13.4 Å². The van der Waals surface area contributed by atoms with E-state index in [2.05, 4.69) is 60.1 Å². The van der Waals surface area contributed by atoms with Gasteiger partial charge in [-0.3, -0.25) is 0 Å². The van der Waals surface area contributed by atoms with Gasteiger partial charge in [0.2, 0.25) is 0 Å². The molecule has 2 aromatic rings. The Hall–Kier alpha value is -2.03. The molecule has 0 atom stereocenters. The third-order valence-electron chi connectivity index (χ3n) is 2.49. The van der Waals surface area contributed by atoms with Gasteiger partial charge in [-0.05, 0) is 10.6 Å². The topological polar surface area (TPSA) is 9.23 Å². The van der Waals surface area contributed by atoms with Crippen molar-refractivity contribution >= 4 is 18.5 Å². The van der Waals surface area contributed by atoms with E-state index in [0.29, 0.717) is 0 Å². The third kappa shape index (κ3) is 3.98.